The number of hydrogen-bond donors (Lipinski definition) is 2. The Bertz CT molecular complexity index is 1030. The van der Waals surface area contributed by atoms with Gasteiger partial charge < -0.3 is 20.1 Å². The molecule has 3 aromatic carbocycles. The van der Waals surface area contributed by atoms with Gasteiger partial charge in [-0.2, -0.15) is 0 Å². The molecule has 6 nitrogen and oxygen atoms in total. The van der Waals surface area contributed by atoms with Crippen LogP contribution < -0.4 is 20.1 Å². The molecule has 0 aliphatic heterocycles. The highest BCUT2D eigenvalue weighted by atomic mass is 16.5. The van der Waals surface area contributed by atoms with Crippen LogP contribution in [0.15, 0.2) is 60.7 Å². The molecule has 2 N–H and O–H groups in total. The first-order valence-corrected chi connectivity index (χ1v) is 9.30. The van der Waals surface area contributed by atoms with Gasteiger partial charge in [0.05, 0.1) is 26.8 Å². The van der Waals surface area contributed by atoms with E-state index in [-0.39, 0.29) is 24.4 Å². The molecule has 0 aromatic heterocycles. The van der Waals surface area contributed by atoms with Crippen LogP contribution in [0.5, 0.6) is 11.5 Å². The summed E-state index contributed by atoms with van der Waals surface area (Å²) in [6.07, 6.45) is 0. The molecule has 0 aliphatic carbocycles. The lowest BCUT2D eigenvalue weighted by molar-refractivity contribution is -0.120. The van der Waals surface area contributed by atoms with Gasteiger partial charge in [0.1, 0.15) is 0 Å². The molecule has 6 heteroatoms. The van der Waals surface area contributed by atoms with Crippen molar-refractivity contribution >= 4 is 22.6 Å². The molecule has 0 aliphatic rings. The molecule has 0 spiro atoms. The predicted octanol–water partition coefficient (Wildman–Crippen LogP) is 3.46. The highest BCUT2D eigenvalue weighted by molar-refractivity contribution is 5.97. The van der Waals surface area contributed by atoms with Gasteiger partial charge in [-0.25, -0.2) is 0 Å². The largest absolute Gasteiger partial charge is 0.493 e. The van der Waals surface area contributed by atoms with Crippen molar-refractivity contribution in [3.05, 3.63) is 71.8 Å². The summed E-state index contributed by atoms with van der Waals surface area (Å²) in [7, 11) is 3.03. The number of benzene rings is 3. The highest BCUT2D eigenvalue weighted by Crippen LogP contribution is 2.27. The zero-order valence-electron chi connectivity index (χ0n) is 16.7. The molecule has 0 saturated carbocycles. The van der Waals surface area contributed by atoms with E-state index in [1.165, 1.54) is 14.2 Å². The molecule has 0 unspecified atom stereocenters. The molecule has 29 heavy (non-hydrogen) atoms. The SMILES string of the molecule is COc1ccc(C(=O)NCC(=O)N[C@H](C)c2ccc3ccccc3c2)cc1OC. The van der Waals surface area contributed by atoms with E-state index in [2.05, 4.69) is 16.7 Å². The molecule has 3 aromatic rings. The third-order valence-electron chi connectivity index (χ3n) is 4.71. The van der Waals surface area contributed by atoms with Crippen molar-refractivity contribution < 1.29 is 19.1 Å². The number of hydrogen-bond acceptors (Lipinski definition) is 4. The maximum Gasteiger partial charge on any atom is 0.251 e. The van der Waals surface area contributed by atoms with Crippen LogP contribution in [0, 0.1) is 0 Å². The van der Waals surface area contributed by atoms with Gasteiger partial charge in [0.2, 0.25) is 5.91 Å². The third kappa shape index (κ3) is 4.85. The normalized spacial score (nSPS) is 11.6. The second kappa shape index (κ2) is 9.10. The Morgan fingerprint density at radius 3 is 2.34 bits per heavy atom. The van der Waals surface area contributed by atoms with Crippen LogP contribution in [-0.2, 0) is 4.79 Å². The summed E-state index contributed by atoms with van der Waals surface area (Å²) in [4.78, 5) is 24.6. The topological polar surface area (TPSA) is 76.7 Å². The van der Waals surface area contributed by atoms with Crippen molar-refractivity contribution in [2.45, 2.75) is 13.0 Å². The minimum Gasteiger partial charge on any atom is -0.493 e. The van der Waals surface area contributed by atoms with Crippen LogP contribution >= 0.6 is 0 Å². The first-order valence-electron chi connectivity index (χ1n) is 9.30. The molecule has 2 amide bonds. The molecule has 0 fully saturated rings. The maximum atomic E-state index is 12.3. The maximum absolute atomic E-state index is 12.3. The van der Waals surface area contributed by atoms with E-state index >= 15 is 0 Å². The number of carbonyl (C=O) groups excluding carboxylic acids is 2. The summed E-state index contributed by atoms with van der Waals surface area (Å²) in [6, 6.07) is 18.8. The van der Waals surface area contributed by atoms with Gasteiger partial charge in [0.25, 0.3) is 5.91 Å². The molecule has 150 valence electrons. The second-order valence-corrected chi connectivity index (χ2v) is 6.65. The minimum absolute atomic E-state index is 0.120. The van der Waals surface area contributed by atoms with Gasteiger partial charge in [0.15, 0.2) is 11.5 Å². The number of ether oxygens (including phenoxy) is 2. The number of fused-ring (bicyclic) bond motifs is 1. The van der Waals surface area contributed by atoms with E-state index in [0.717, 1.165) is 16.3 Å². The number of methoxy groups -OCH3 is 2. The van der Waals surface area contributed by atoms with Crippen molar-refractivity contribution in [3.8, 4) is 11.5 Å². The molecule has 0 saturated heterocycles. The van der Waals surface area contributed by atoms with Crippen LogP contribution in [0.4, 0.5) is 0 Å². The fourth-order valence-electron chi connectivity index (χ4n) is 3.09. The van der Waals surface area contributed by atoms with E-state index in [1.807, 2.05) is 43.3 Å². The van der Waals surface area contributed by atoms with Crippen molar-refractivity contribution in [1.82, 2.24) is 10.6 Å². The fourth-order valence-corrected chi connectivity index (χ4v) is 3.09. The van der Waals surface area contributed by atoms with Gasteiger partial charge in [-0.15, -0.1) is 0 Å². The zero-order valence-corrected chi connectivity index (χ0v) is 16.7. The van der Waals surface area contributed by atoms with Crippen LogP contribution in [0.25, 0.3) is 10.8 Å². The smallest absolute Gasteiger partial charge is 0.251 e. The molecule has 0 radical (unpaired) electrons. The number of amides is 2. The molecule has 3 rings (SSSR count). The van der Waals surface area contributed by atoms with Crippen molar-refractivity contribution in [2.24, 2.45) is 0 Å². The average molecular weight is 392 g/mol. The first kappa shape index (κ1) is 20.2. The van der Waals surface area contributed by atoms with Crippen LogP contribution in [0.2, 0.25) is 0 Å². The third-order valence-corrected chi connectivity index (χ3v) is 4.71. The lowest BCUT2D eigenvalue weighted by atomic mass is 10.0. The molecule has 0 bridgehead atoms. The Kier molecular flexibility index (Phi) is 6.34. The standard InChI is InChI=1S/C23H24N2O4/c1-15(17-9-8-16-6-4-5-7-18(16)12-17)25-22(26)14-24-23(27)19-10-11-20(28-2)21(13-19)29-3/h4-13,15H,14H2,1-3H3,(H,24,27)(H,25,26)/t15-/m1/s1. The van der Waals surface area contributed by atoms with Crippen LogP contribution in [-0.4, -0.2) is 32.6 Å². The van der Waals surface area contributed by atoms with Crippen molar-refractivity contribution in [2.75, 3.05) is 20.8 Å². The van der Waals surface area contributed by atoms with Crippen LogP contribution in [0.1, 0.15) is 28.9 Å². The summed E-state index contributed by atoms with van der Waals surface area (Å²) >= 11 is 0. The summed E-state index contributed by atoms with van der Waals surface area (Å²) in [6.45, 7) is 1.79. The first-order chi connectivity index (χ1) is 14.0. The molecular formula is C23H24N2O4. The lowest BCUT2D eigenvalue weighted by Gasteiger charge is -2.15. The Morgan fingerprint density at radius 1 is 0.897 bits per heavy atom. The highest BCUT2D eigenvalue weighted by Gasteiger charge is 2.14. The molecular weight excluding hydrogens is 368 g/mol. The van der Waals surface area contributed by atoms with Gasteiger partial charge in [-0.3, -0.25) is 9.59 Å². The number of nitrogens with one attached hydrogen (secondary N) is 2. The molecule has 0 heterocycles. The van der Waals surface area contributed by atoms with Crippen molar-refractivity contribution in [3.63, 3.8) is 0 Å². The van der Waals surface area contributed by atoms with E-state index < -0.39 is 0 Å². The quantitative estimate of drug-likeness (QED) is 0.646. The Morgan fingerprint density at radius 2 is 1.62 bits per heavy atom. The van der Waals surface area contributed by atoms with Crippen LogP contribution in [0.3, 0.4) is 0 Å². The Balaban J connectivity index is 1.58. The summed E-state index contributed by atoms with van der Waals surface area (Å²) < 4.78 is 10.4. The van der Waals surface area contributed by atoms with Gasteiger partial charge in [-0.05, 0) is 47.5 Å². The number of rotatable bonds is 7. The number of carbonyl (C=O) groups is 2. The Hall–Kier alpha value is -3.54. The summed E-state index contributed by atoms with van der Waals surface area (Å²) in [5.41, 5.74) is 1.39. The average Bonchev–Trinajstić information content (AvgIpc) is 2.76. The minimum atomic E-state index is -0.362. The van der Waals surface area contributed by atoms with E-state index in [0.29, 0.717) is 17.1 Å². The monoisotopic (exact) mass is 392 g/mol. The zero-order chi connectivity index (χ0) is 20.8. The molecule has 1 atom stereocenters. The van der Waals surface area contributed by atoms with Crippen molar-refractivity contribution in [1.29, 1.82) is 0 Å². The second-order valence-electron chi connectivity index (χ2n) is 6.65. The van der Waals surface area contributed by atoms with E-state index in [4.69, 9.17) is 9.47 Å². The lowest BCUT2D eigenvalue weighted by Crippen LogP contribution is -2.38. The van der Waals surface area contributed by atoms with Gasteiger partial charge in [0, 0.05) is 5.56 Å². The predicted molar refractivity (Wildman–Crippen MR) is 112 cm³/mol. The fraction of sp³-hybridized carbons (Fsp3) is 0.217. The summed E-state index contributed by atoms with van der Waals surface area (Å²) in [5.74, 6) is 0.361. The van der Waals surface area contributed by atoms with Gasteiger partial charge >= 0.3 is 0 Å². The van der Waals surface area contributed by atoms with Gasteiger partial charge in [-0.1, -0.05) is 36.4 Å². The van der Waals surface area contributed by atoms with E-state index in [1.54, 1.807) is 18.2 Å². The summed E-state index contributed by atoms with van der Waals surface area (Å²) in [5, 5.41) is 7.81. The Labute approximate surface area is 169 Å². The van der Waals surface area contributed by atoms with E-state index in [9.17, 15) is 9.59 Å².